The van der Waals surface area contributed by atoms with Crippen molar-refractivity contribution in [1.29, 1.82) is 0 Å². The van der Waals surface area contributed by atoms with Gasteiger partial charge in [0.05, 0.1) is 22.1 Å². The van der Waals surface area contributed by atoms with Crippen molar-refractivity contribution in [3.63, 3.8) is 0 Å². The smallest absolute Gasteiger partial charge is 0.269 e. The predicted octanol–water partition coefficient (Wildman–Crippen LogP) is 5.81. The highest BCUT2D eigenvalue weighted by Gasteiger charge is 2.28. The van der Waals surface area contributed by atoms with E-state index in [2.05, 4.69) is 34.8 Å². The van der Waals surface area contributed by atoms with Crippen LogP contribution in [0.4, 0.5) is 5.69 Å². The van der Waals surface area contributed by atoms with Crippen LogP contribution in [0.25, 0.3) is 22.5 Å². The average Bonchev–Trinajstić information content (AvgIpc) is 3.46. The van der Waals surface area contributed by atoms with Gasteiger partial charge in [0.1, 0.15) is 11.5 Å². The summed E-state index contributed by atoms with van der Waals surface area (Å²) >= 11 is 1.57. The number of nitro groups is 1. The van der Waals surface area contributed by atoms with Crippen molar-refractivity contribution in [2.45, 2.75) is 5.25 Å². The number of rotatable bonds is 7. The molecule has 3 aromatic carbocycles. The maximum absolute atomic E-state index is 12.4. The maximum Gasteiger partial charge on any atom is 0.269 e. The van der Waals surface area contributed by atoms with E-state index in [4.69, 9.17) is 4.42 Å². The van der Waals surface area contributed by atoms with Crippen molar-refractivity contribution in [3.8, 4) is 22.5 Å². The van der Waals surface area contributed by atoms with E-state index in [0.717, 1.165) is 0 Å². The second-order valence-corrected chi connectivity index (χ2v) is 8.76. The molecule has 1 heterocycles. The number of nitrogens with one attached hydrogen (secondary N) is 1. The van der Waals surface area contributed by atoms with Gasteiger partial charge in [-0.05, 0) is 46.5 Å². The highest BCUT2D eigenvalue weighted by atomic mass is 32.2. The Morgan fingerprint density at radius 1 is 0.971 bits per heavy atom. The molecule has 7 nitrogen and oxygen atoms in total. The molecule has 1 N–H and O–H groups in total. The van der Waals surface area contributed by atoms with Gasteiger partial charge in [-0.15, -0.1) is 11.8 Å². The first kappa shape index (κ1) is 21.7. The first-order valence-electron chi connectivity index (χ1n) is 10.6. The number of nitro benzene ring substituents is 1. The zero-order chi connectivity index (χ0) is 23.5. The van der Waals surface area contributed by atoms with E-state index in [1.54, 1.807) is 36.0 Å². The van der Waals surface area contributed by atoms with Gasteiger partial charge in [-0.1, -0.05) is 48.5 Å². The Labute approximate surface area is 199 Å². The van der Waals surface area contributed by atoms with E-state index < -0.39 is 4.92 Å². The summed E-state index contributed by atoms with van der Waals surface area (Å²) in [6.45, 7) is 0. The molecule has 0 saturated heterocycles. The molecule has 1 aliphatic carbocycles. The Hall–Kier alpha value is -4.17. The molecule has 1 aliphatic rings. The van der Waals surface area contributed by atoms with Gasteiger partial charge in [0.15, 0.2) is 0 Å². The van der Waals surface area contributed by atoms with Crippen LogP contribution in [0.15, 0.2) is 94.4 Å². The number of carbonyl (C=O) groups is 1. The molecule has 0 bridgehead atoms. The van der Waals surface area contributed by atoms with Gasteiger partial charge in [0.2, 0.25) is 5.91 Å². The SMILES string of the molecule is O=C(CSC1c2ccccc2-c2ccccc21)N/N=C\c1ccc(-c2ccc([N+](=O)[O-])cc2)o1. The number of carbonyl (C=O) groups excluding carboxylic acids is 1. The minimum atomic E-state index is -0.449. The molecule has 1 aromatic heterocycles. The summed E-state index contributed by atoms with van der Waals surface area (Å²) in [7, 11) is 0. The molecule has 8 heteroatoms. The number of hydrazone groups is 1. The molecular weight excluding hydrogens is 450 g/mol. The average molecular weight is 470 g/mol. The van der Waals surface area contributed by atoms with Crippen molar-refractivity contribution < 1.29 is 14.1 Å². The van der Waals surface area contributed by atoms with Gasteiger partial charge in [-0.25, -0.2) is 5.43 Å². The van der Waals surface area contributed by atoms with Gasteiger partial charge in [0, 0.05) is 17.7 Å². The van der Waals surface area contributed by atoms with E-state index in [9.17, 15) is 14.9 Å². The van der Waals surface area contributed by atoms with Crippen molar-refractivity contribution in [2.75, 3.05) is 5.75 Å². The number of nitrogens with zero attached hydrogens (tertiary/aromatic N) is 2. The summed E-state index contributed by atoms with van der Waals surface area (Å²) in [5.74, 6) is 1.07. The fourth-order valence-electron chi connectivity index (χ4n) is 3.97. The fourth-order valence-corrected chi connectivity index (χ4v) is 5.13. The van der Waals surface area contributed by atoms with Crippen LogP contribution in [0.2, 0.25) is 0 Å². The fraction of sp³-hybridized carbons (Fsp3) is 0.0769. The van der Waals surface area contributed by atoms with Gasteiger partial charge in [0.25, 0.3) is 5.69 Å². The Morgan fingerprint density at radius 2 is 1.62 bits per heavy atom. The normalized spacial score (nSPS) is 12.5. The van der Waals surface area contributed by atoms with Crippen LogP contribution >= 0.6 is 11.8 Å². The maximum atomic E-state index is 12.4. The van der Waals surface area contributed by atoms with Crippen LogP contribution in [-0.2, 0) is 4.79 Å². The Balaban J connectivity index is 1.18. The highest BCUT2D eigenvalue weighted by molar-refractivity contribution is 8.00. The molecule has 0 unspecified atom stereocenters. The van der Waals surface area contributed by atoms with Gasteiger partial charge in [-0.2, -0.15) is 5.10 Å². The summed E-state index contributed by atoms with van der Waals surface area (Å²) in [4.78, 5) is 22.7. The number of non-ortho nitro benzene ring substituents is 1. The summed E-state index contributed by atoms with van der Waals surface area (Å²) in [6, 6.07) is 26.1. The summed E-state index contributed by atoms with van der Waals surface area (Å²) in [5.41, 5.74) is 8.15. The number of hydrogen-bond acceptors (Lipinski definition) is 6. The quantitative estimate of drug-likeness (QED) is 0.209. The summed E-state index contributed by atoms with van der Waals surface area (Å²) in [5, 5.41) is 14.9. The molecular formula is C26H19N3O4S. The largest absolute Gasteiger partial charge is 0.455 e. The lowest BCUT2D eigenvalue weighted by molar-refractivity contribution is -0.384. The number of hydrogen-bond donors (Lipinski definition) is 1. The third kappa shape index (κ3) is 4.35. The number of benzene rings is 3. The van der Waals surface area contributed by atoms with Crippen molar-refractivity contribution in [3.05, 3.63) is 112 Å². The molecule has 0 saturated carbocycles. The molecule has 0 radical (unpaired) electrons. The van der Waals surface area contributed by atoms with Crippen molar-refractivity contribution >= 4 is 29.6 Å². The highest BCUT2D eigenvalue weighted by Crippen LogP contribution is 2.49. The molecule has 5 rings (SSSR count). The van der Waals surface area contributed by atoms with E-state index in [-0.39, 0.29) is 22.6 Å². The van der Waals surface area contributed by atoms with Crippen LogP contribution in [0, 0.1) is 10.1 Å². The molecule has 0 aliphatic heterocycles. The first-order valence-corrected chi connectivity index (χ1v) is 11.6. The monoisotopic (exact) mass is 469 g/mol. The Bertz CT molecular complexity index is 1350. The zero-order valence-corrected chi connectivity index (χ0v) is 18.7. The third-order valence-corrected chi connectivity index (χ3v) is 6.80. The topological polar surface area (TPSA) is 97.7 Å². The van der Waals surface area contributed by atoms with Crippen LogP contribution in [0.3, 0.4) is 0 Å². The molecule has 34 heavy (non-hydrogen) atoms. The molecule has 1 amide bonds. The van der Waals surface area contributed by atoms with Crippen LogP contribution in [-0.4, -0.2) is 22.8 Å². The first-order chi connectivity index (χ1) is 16.6. The minimum absolute atomic E-state index is 0.0160. The Morgan fingerprint density at radius 3 is 2.26 bits per heavy atom. The van der Waals surface area contributed by atoms with Gasteiger partial charge in [-0.3, -0.25) is 14.9 Å². The third-order valence-electron chi connectivity index (χ3n) is 5.53. The van der Waals surface area contributed by atoms with Crippen LogP contribution in [0.1, 0.15) is 22.1 Å². The van der Waals surface area contributed by atoms with E-state index >= 15 is 0 Å². The molecule has 0 atom stereocenters. The van der Waals surface area contributed by atoms with Crippen LogP contribution < -0.4 is 5.43 Å². The van der Waals surface area contributed by atoms with E-state index in [1.165, 1.54) is 40.6 Å². The number of furan rings is 1. The number of amides is 1. The summed E-state index contributed by atoms with van der Waals surface area (Å²) in [6.07, 6.45) is 1.43. The lowest BCUT2D eigenvalue weighted by Crippen LogP contribution is -2.20. The van der Waals surface area contributed by atoms with Crippen LogP contribution in [0.5, 0.6) is 0 Å². The standard InChI is InChI=1S/C26H19N3O4S/c30-25(16-34-26-22-7-3-1-5-20(22)21-6-2-4-8-23(21)26)28-27-15-19-13-14-24(33-19)17-9-11-18(12-10-17)29(31)32/h1-15,26H,16H2,(H,28,30)/b27-15-. The molecule has 0 spiro atoms. The molecule has 168 valence electrons. The predicted molar refractivity (Wildman–Crippen MR) is 133 cm³/mol. The molecule has 0 fully saturated rings. The number of fused-ring (bicyclic) bond motifs is 3. The van der Waals surface area contributed by atoms with Gasteiger partial charge < -0.3 is 4.42 Å². The van der Waals surface area contributed by atoms with Gasteiger partial charge >= 0.3 is 0 Å². The summed E-state index contributed by atoms with van der Waals surface area (Å²) < 4.78 is 5.70. The van der Waals surface area contributed by atoms with Crippen molar-refractivity contribution in [1.82, 2.24) is 5.43 Å². The van der Waals surface area contributed by atoms with E-state index in [1.807, 2.05) is 24.3 Å². The lowest BCUT2D eigenvalue weighted by Gasteiger charge is -2.12. The lowest BCUT2D eigenvalue weighted by atomic mass is 10.1. The zero-order valence-electron chi connectivity index (χ0n) is 17.9. The second-order valence-electron chi connectivity index (χ2n) is 7.66. The van der Waals surface area contributed by atoms with Crippen molar-refractivity contribution in [2.24, 2.45) is 5.10 Å². The van der Waals surface area contributed by atoms with E-state index in [0.29, 0.717) is 17.1 Å². The minimum Gasteiger partial charge on any atom is -0.455 e. The number of thioether (sulfide) groups is 1. The second kappa shape index (κ2) is 9.36. The molecule has 4 aromatic rings. The Kier molecular flexibility index (Phi) is 5.97.